The third kappa shape index (κ3) is 6.74. The molecule has 1 aliphatic heterocycles. The highest BCUT2D eigenvalue weighted by molar-refractivity contribution is 5.73. The number of carbonyl (C=O) groups is 2. The van der Waals surface area contributed by atoms with Gasteiger partial charge in [-0.25, -0.2) is 4.79 Å². The van der Waals surface area contributed by atoms with Crippen LogP contribution in [-0.2, 0) is 9.53 Å². The van der Waals surface area contributed by atoms with Crippen molar-refractivity contribution < 1.29 is 24.5 Å². The number of aliphatic hydroxyl groups is 1. The molecule has 1 rings (SSSR count). The number of rotatable bonds is 8. The van der Waals surface area contributed by atoms with Crippen LogP contribution in [0, 0.1) is 5.92 Å². The maximum atomic E-state index is 12.0. The van der Waals surface area contributed by atoms with Crippen LogP contribution in [0.25, 0.3) is 0 Å². The fourth-order valence-corrected chi connectivity index (χ4v) is 2.61. The van der Waals surface area contributed by atoms with Gasteiger partial charge in [-0.05, 0) is 46.1 Å². The lowest BCUT2D eigenvalue weighted by atomic mass is 9.86. The zero-order valence-electron chi connectivity index (χ0n) is 14.6. The highest BCUT2D eigenvalue weighted by Gasteiger charge is 2.47. The molecule has 23 heavy (non-hydrogen) atoms. The molecule has 0 aromatic heterocycles. The molecule has 3 N–H and O–H groups in total. The van der Waals surface area contributed by atoms with E-state index in [-0.39, 0.29) is 18.9 Å². The normalized spacial score (nSPS) is 18.2. The SMILES string of the molecule is CC(CO)CCCNC1(CC(=O)O)CN(C(=O)OC(C)(C)C)C1. The predicted molar refractivity (Wildman–Crippen MR) is 86.3 cm³/mol. The van der Waals surface area contributed by atoms with Gasteiger partial charge in [-0.2, -0.15) is 0 Å². The summed E-state index contributed by atoms with van der Waals surface area (Å²) < 4.78 is 5.30. The van der Waals surface area contributed by atoms with E-state index in [1.54, 1.807) is 20.8 Å². The number of likely N-dealkylation sites (tertiary alicyclic amines) is 1. The van der Waals surface area contributed by atoms with Crippen molar-refractivity contribution in [2.75, 3.05) is 26.2 Å². The summed E-state index contributed by atoms with van der Waals surface area (Å²) >= 11 is 0. The molecule has 0 bridgehead atoms. The number of nitrogens with one attached hydrogen (secondary N) is 1. The van der Waals surface area contributed by atoms with Gasteiger partial charge in [-0.3, -0.25) is 4.79 Å². The molecule has 1 heterocycles. The summed E-state index contributed by atoms with van der Waals surface area (Å²) in [5, 5.41) is 21.4. The van der Waals surface area contributed by atoms with Crippen molar-refractivity contribution in [1.82, 2.24) is 10.2 Å². The van der Waals surface area contributed by atoms with Crippen LogP contribution in [0.2, 0.25) is 0 Å². The van der Waals surface area contributed by atoms with Gasteiger partial charge in [0.25, 0.3) is 0 Å². The van der Waals surface area contributed by atoms with E-state index in [1.165, 1.54) is 4.90 Å². The maximum Gasteiger partial charge on any atom is 0.410 e. The number of aliphatic hydroxyl groups excluding tert-OH is 1. The molecule has 0 radical (unpaired) electrons. The first-order chi connectivity index (χ1) is 10.6. The highest BCUT2D eigenvalue weighted by atomic mass is 16.6. The number of nitrogens with zero attached hydrogens (tertiary/aromatic N) is 1. The average Bonchev–Trinajstić information content (AvgIpc) is 2.36. The second kappa shape index (κ2) is 7.97. The summed E-state index contributed by atoms with van der Waals surface area (Å²) in [7, 11) is 0. The van der Waals surface area contributed by atoms with Crippen molar-refractivity contribution in [2.45, 2.75) is 58.1 Å². The molecular formula is C16H30N2O5. The van der Waals surface area contributed by atoms with Crippen LogP contribution in [0.15, 0.2) is 0 Å². The Kier molecular flexibility index (Phi) is 6.83. The van der Waals surface area contributed by atoms with Gasteiger partial charge in [0.1, 0.15) is 5.60 Å². The molecule has 0 aliphatic carbocycles. The molecule has 7 heteroatoms. The van der Waals surface area contributed by atoms with Gasteiger partial charge in [0.05, 0.1) is 12.0 Å². The van der Waals surface area contributed by atoms with Crippen molar-refractivity contribution >= 4 is 12.1 Å². The number of aliphatic carboxylic acids is 1. The second-order valence-electron chi connectivity index (χ2n) is 7.54. The molecule has 1 saturated heterocycles. The molecule has 0 aromatic carbocycles. The van der Waals surface area contributed by atoms with Gasteiger partial charge in [0.15, 0.2) is 0 Å². The Labute approximate surface area is 138 Å². The first-order valence-corrected chi connectivity index (χ1v) is 8.12. The smallest absolute Gasteiger partial charge is 0.410 e. The number of carbonyl (C=O) groups excluding carboxylic acids is 1. The standard InChI is InChI=1S/C16H30N2O5/c1-12(9-19)6-5-7-17-16(8-13(20)21)10-18(11-16)14(22)23-15(2,3)4/h12,17,19H,5-11H2,1-4H3,(H,20,21). The summed E-state index contributed by atoms with van der Waals surface area (Å²) in [6.45, 7) is 8.88. The van der Waals surface area contributed by atoms with E-state index in [0.29, 0.717) is 19.6 Å². The minimum absolute atomic E-state index is 0.0259. The Balaban J connectivity index is 2.47. The molecule has 134 valence electrons. The monoisotopic (exact) mass is 330 g/mol. The van der Waals surface area contributed by atoms with E-state index < -0.39 is 23.2 Å². The molecule has 0 spiro atoms. The summed E-state index contributed by atoms with van der Waals surface area (Å²) in [5.74, 6) is -0.642. The van der Waals surface area contributed by atoms with Gasteiger partial charge >= 0.3 is 12.1 Å². The van der Waals surface area contributed by atoms with E-state index in [2.05, 4.69) is 5.32 Å². The molecule has 1 aliphatic rings. The summed E-state index contributed by atoms with van der Waals surface area (Å²) in [6, 6.07) is 0. The van der Waals surface area contributed by atoms with Crippen LogP contribution in [0.4, 0.5) is 4.79 Å². The Morgan fingerprint density at radius 2 is 1.96 bits per heavy atom. The Morgan fingerprint density at radius 1 is 1.35 bits per heavy atom. The zero-order valence-corrected chi connectivity index (χ0v) is 14.6. The lowest BCUT2D eigenvalue weighted by Crippen LogP contribution is -2.71. The third-order valence-corrected chi connectivity index (χ3v) is 3.81. The molecule has 1 unspecified atom stereocenters. The van der Waals surface area contributed by atoms with Crippen LogP contribution < -0.4 is 5.32 Å². The van der Waals surface area contributed by atoms with Gasteiger partial charge in [0.2, 0.25) is 0 Å². The number of amides is 1. The van der Waals surface area contributed by atoms with E-state index in [4.69, 9.17) is 14.9 Å². The summed E-state index contributed by atoms with van der Waals surface area (Å²) in [5.41, 5.74) is -1.14. The van der Waals surface area contributed by atoms with Gasteiger partial charge in [0, 0.05) is 19.7 Å². The fraction of sp³-hybridized carbons (Fsp3) is 0.875. The molecule has 1 atom stereocenters. The van der Waals surface area contributed by atoms with Crippen molar-refractivity contribution in [3.63, 3.8) is 0 Å². The quantitative estimate of drug-likeness (QED) is 0.583. The number of ether oxygens (including phenoxy) is 1. The highest BCUT2D eigenvalue weighted by Crippen LogP contribution is 2.27. The first kappa shape index (κ1) is 19.7. The van der Waals surface area contributed by atoms with Crippen molar-refractivity contribution in [3.05, 3.63) is 0 Å². The Bertz CT molecular complexity index is 413. The summed E-state index contributed by atoms with van der Waals surface area (Å²) in [6.07, 6.45) is 1.30. The van der Waals surface area contributed by atoms with Crippen LogP contribution in [0.3, 0.4) is 0 Å². The van der Waals surface area contributed by atoms with Crippen LogP contribution in [-0.4, -0.2) is 64.6 Å². The molecule has 0 saturated carbocycles. The van der Waals surface area contributed by atoms with Crippen molar-refractivity contribution in [3.8, 4) is 0 Å². The fourth-order valence-electron chi connectivity index (χ4n) is 2.61. The number of hydrogen-bond acceptors (Lipinski definition) is 5. The Hall–Kier alpha value is -1.34. The van der Waals surface area contributed by atoms with Crippen LogP contribution in [0.5, 0.6) is 0 Å². The number of carboxylic acids is 1. The summed E-state index contributed by atoms with van der Waals surface area (Å²) in [4.78, 5) is 24.6. The second-order valence-corrected chi connectivity index (χ2v) is 7.54. The van der Waals surface area contributed by atoms with Crippen LogP contribution in [0.1, 0.15) is 47.0 Å². The van der Waals surface area contributed by atoms with Crippen molar-refractivity contribution in [2.24, 2.45) is 5.92 Å². The average molecular weight is 330 g/mol. The van der Waals surface area contributed by atoms with Gasteiger partial charge in [-0.15, -0.1) is 0 Å². The lowest BCUT2D eigenvalue weighted by Gasteiger charge is -2.49. The minimum Gasteiger partial charge on any atom is -0.481 e. The van der Waals surface area contributed by atoms with Crippen molar-refractivity contribution in [1.29, 1.82) is 0 Å². The van der Waals surface area contributed by atoms with E-state index >= 15 is 0 Å². The van der Waals surface area contributed by atoms with E-state index in [1.807, 2.05) is 6.92 Å². The Morgan fingerprint density at radius 3 is 2.43 bits per heavy atom. The van der Waals surface area contributed by atoms with Gasteiger partial charge < -0.3 is 25.2 Å². The molecule has 0 aromatic rings. The predicted octanol–water partition coefficient (Wildman–Crippen LogP) is 1.45. The molecule has 1 fully saturated rings. The largest absolute Gasteiger partial charge is 0.481 e. The maximum absolute atomic E-state index is 12.0. The number of carboxylic acid groups (broad SMARTS) is 1. The first-order valence-electron chi connectivity index (χ1n) is 8.12. The molecule has 1 amide bonds. The zero-order chi connectivity index (χ0) is 17.7. The molecule has 7 nitrogen and oxygen atoms in total. The number of hydrogen-bond donors (Lipinski definition) is 3. The lowest BCUT2D eigenvalue weighted by molar-refractivity contribution is -0.141. The third-order valence-electron chi connectivity index (χ3n) is 3.81. The van der Waals surface area contributed by atoms with E-state index in [9.17, 15) is 9.59 Å². The molecular weight excluding hydrogens is 300 g/mol. The van der Waals surface area contributed by atoms with Gasteiger partial charge in [-0.1, -0.05) is 6.92 Å². The van der Waals surface area contributed by atoms with E-state index in [0.717, 1.165) is 12.8 Å². The minimum atomic E-state index is -0.884. The topological polar surface area (TPSA) is 99.1 Å². The van der Waals surface area contributed by atoms with Crippen LogP contribution >= 0.6 is 0 Å².